The van der Waals surface area contributed by atoms with Gasteiger partial charge in [0.15, 0.2) is 5.75 Å². The molecule has 1 rings (SSSR count). The Morgan fingerprint density at radius 2 is 2.10 bits per heavy atom. The summed E-state index contributed by atoms with van der Waals surface area (Å²) in [5.41, 5.74) is 1.28. The number of hydrogen-bond donors (Lipinski definition) is 0. The van der Waals surface area contributed by atoms with Gasteiger partial charge in [0.2, 0.25) is 0 Å². The first-order chi connectivity index (χ1) is 10.0. The van der Waals surface area contributed by atoms with Crippen LogP contribution in [0.1, 0.15) is 25.8 Å². The lowest BCUT2D eigenvalue weighted by Crippen LogP contribution is -2.06. The number of rotatable bonds is 7. The standard InChI is InChI=1S/C15H19NO5/c1-4-11-6-7-14(13(10-11)16(18)19)21-9-8-12(5-2)15(17)20-3/h6-8,10H,4-5,9H2,1-3H3. The van der Waals surface area contributed by atoms with Crippen LogP contribution >= 0.6 is 0 Å². The maximum absolute atomic E-state index is 11.4. The van der Waals surface area contributed by atoms with Gasteiger partial charge in [-0.05, 0) is 30.5 Å². The van der Waals surface area contributed by atoms with Crippen LogP contribution in [0, 0.1) is 10.1 Å². The van der Waals surface area contributed by atoms with Crippen LogP contribution in [0.5, 0.6) is 5.75 Å². The first-order valence-electron chi connectivity index (χ1n) is 6.70. The first-order valence-corrected chi connectivity index (χ1v) is 6.70. The molecule has 1 aromatic rings. The van der Waals surface area contributed by atoms with Crippen molar-refractivity contribution in [1.29, 1.82) is 0 Å². The molecular weight excluding hydrogens is 274 g/mol. The van der Waals surface area contributed by atoms with Gasteiger partial charge in [-0.1, -0.05) is 19.9 Å². The van der Waals surface area contributed by atoms with Gasteiger partial charge in [0.25, 0.3) is 0 Å². The van der Waals surface area contributed by atoms with E-state index in [1.54, 1.807) is 18.2 Å². The van der Waals surface area contributed by atoms with Crippen LogP contribution in [0.4, 0.5) is 5.69 Å². The molecule has 0 saturated carbocycles. The zero-order chi connectivity index (χ0) is 15.8. The Bertz CT molecular complexity index is 551. The fourth-order valence-corrected chi connectivity index (χ4v) is 1.78. The lowest BCUT2D eigenvalue weighted by molar-refractivity contribution is -0.385. The number of methoxy groups -OCH3 is 1. The predicted octanol–water partition coefficient (Wildman–Crippen LogP) is 3.05. The Morgan fingerprint density at radius 3 is 2.62 bits per heavy atom. The van der Waals surface area contributed by atoms with E-state index >= 15 is 0 Å². The molecule has 6 nitrogen and oxygen atoms in total. The Kier molecular flexibility index (Phi) is 6.39. The van der Waals surface area contributed by atoms with Crippen LogP contribution in [-0.2, 0) is 16.0 Å². The van der Waals surface area contributed by atoms with Crippen LogP contribution < -0.4 is 4.74 Å². The molecule has 0 aromatic heterocycles. The number of benzene rings is 1. The Morgan fingerprint density at radius 1 is 1.38 bits per heavy atom. The van der Waals surface area contributed by atoms with Crippen LogP contribution in [0.25, 0.3) is 0 Å². The van der Waals surface area contributed by atoms with Gasteiger partial charge < -0.3 is 9.47 Å². The first kappa shape index (κ1) is 16.7. The SMILES string of the molecule is CCC(=CCOc1ccc(CC)cc1[N+](=O)[O-])C(=O)OC. The van der Waals surface area contributed by atoms with E-state index in [1.165, 1.54) is 13.2 Å². The third kappa shape index (κ3) is 4.59. The topological polar surface area (TPSA) is 78.7 Å². The van der Waals surface area contributed by atoms with E-state index in [9.17, 15) is 14.9 Å². The van der Waals surface area contributed by atoms with Gasteiger partial charge in [0, 0.05) is 11.6 Å². The van der Waals surface area contributed by atoms with Gasteiger partial charge in [-0.15, -0.1) is 0 Å². The van der Waals surface area contributed by atoms with Crippen LogP contribution in [0.3, 0.4) is 0 Å². The molecule has 114 valence electrons. The van der Waals surface area contributed by atoms with Gasteiger partial charge in [0.05, 0.1) is 12.0 Å². The van der Waals surface area contributed by atoms with E-state index in [0.29, 0.717) is 18.4 Å². The number of nitro benzene ring substituents is 1. The van der Waals surface area contributed by atoms with Crippen molar-refractivity contribution in [3.8, 4) is 5.75 Å². The molecule has 1 aromatic carbocycles. The quantitative estimate of drug-likeness (QED) is 0.334. The summed E-state index contributed by atoms with van der Waals surface area (Å²) in [6, 6.07) is 4.86. The Labute approximate surface area is 123 Å². The Balaban J connectivity index is 2.86. The van der Waals surface area contributed by atoms with Crippen molar-refractivity contribution in [3.63, 3.8) is 0 Å². The van der Waals surface area contributed by atoms with Crippen molar-refractivity contribution in [1.82, 2.24) is 0 Å². The highest BCUT2D eigenvalue weighted by atomic mass is 16.6. The second kappa shape index (κ2) is 8.04. The summed E-state index contributed by atoms with van der Waals surface area (Å²) in [6.07, 6.45) is 2.79. The molecule has 0 radical (unpaired) electrons. The number of hydrogen-bond acceptors (Lipinski definition) is 5. The largest absolute Gasteiger partial charge is 0.483 e. The number of carbonyl (C=O) groups excluding carboxylic acids is 1. The maximum Gasteiger partial charge on any atom is 0.333 e. The second-order valence-corrected chi connectivity index (χ2v) is 4.30. The zero-order valence-corrected chi connectivity index (χ0v) is 12.4. The predicted molar refractivity (Wildman–Crippen MR) is 78.4 cm³/mol. The van der Waals surface area contributed by atoms with E-state index in [4.69, 9.17) is 4.74 Å². The molecule has 0 unspecified atom stereocenters. The molecule has 0 aliphatic heterocycles. The molecule has 0 heterocycles. The average molecular weight is 293 g/mol. The summed E-state index contributed by atoms with van der Waals surface area (Å²) < 4.78 is 10.0. The van der Waals surface area contributed by atoms with Gasteiger partial charge in [-0.3, -0.25) is 10.1 Å². The van der Waals surface area contributed by atoms with Crippen molar-refractivity contribution in [2.24, 2.45) is 0 Å². The van der Waals surface area contributed by atoms with Crippen LogP contribution in [-0.4, -0.2) is 24.6 Å². The molecule has 0 N–H and O–H groups in total. The third-order valence-corrected chi connectivity index (χ3v) is 3.03. The lowest BCUT2D eigenvalue weighted by atomic mass is 10.1. The molecule has 0 bridgehead atoms. The van der Waals surface area contributed by atoms with E-state index in [2.05, 4.69) is 4.74 Å². The molecule has 0 fully saturated rings. The van der Waals surface area contributed by atoms with Crippen LogP contribution in [0.2, 0.25) is 0 Å². The van der Waals surface area contributed by atoms with Crippen molar-refractivity contribution in [2.45, 2.75) is 26.7 Å². The molecule has 6 heteroatoms. The van der Waals surface area contributed by atoms with Crippen molar-refractivity contribution >= 4 is 11.7 Å². The smallest absolute Gasteiger partial charge is 0.333 e. The maximum atomic E-state index is 11.4. The number of esters is 1. The summed E-state index contributed by atoms with van der Waals surface area (Å²) in [5.74, 6) is -0.231. The molecule has 21 heavy (non-hydrogen) atoms. The number of nitrogens with zero attached hydrogens (tertiary/aromatic N) is 1. The Hall–Kier alpha value is -2.37. The van der Waals surface area contributed by atoms with Crippen molar-refractivity contribution in [2.75, 3.05) is 13.7 Å². The van der Waals surface area contributed by atoms with Crippen LogP contribution in [0.15, 0.2) is 29.8 Å². The third-order valence-electron chi connectivity index (χ3n) is 3.03. The highest BCUT2D eigenvalue weighted by molar-refractivity contribution is 5.88. The van der Waals surface area contributed by atoms with Crippen molar-refractivity contribution < 1.29 is 19.2 Å². The molecule has 0 aliphatic carbocycles. The number of nitro groups is 1. The highest BCUT2D eigenvalue weighted by Crippen LogP contribution is 2.28. The normalized spacial score (nSPS) is 11.1. The summed E-state index contributed by atoms with van der Waals surface area (Å²) in [5, 5.41) is 11.0. The zero-order valence-electron chi connectivity index (χ0n) is 12.4. The summed E-state index contributed by atoms with van der Waals surface area (Å²) in [7, 11) is 1.31. The molecule has 0 aliphatic rings. The highest BCUT2D eigenvalue weighted by Gasteiger charge is 2.15. The molecule has 0 saturated heterocycles. The number of ether oxygens (including phenoxy) is 2. The minimum atomic E-state index is -0.473. The lowest BCUT2D eigenvalue weighted by Gasteiger charge is -2.07. The average Bonchev–Trinajstić information content (AvgIpc) is 2.50. The van der Waals surface area contributed by atoms with Crippen molar-refractivity contribution in [3.05, 3.63) is 45.5 Å². The molecule has 0 atom stereocenters. The summed E-state index contributed by atoms with van der Waals surface area (Å²) in [6.45, 7) is 3.82. The van der Waals surface area contributed by atoms with Gasteiger partial charge in [-0.2, -0.15) is 0 Å². The van der Waals surface area contributed by atoms with E-state index in [1.807, 2.05) is 13.8 Å². The second-order valence-electron chi connectivity index (χ2n) is 4.30. The van der Waals surface area contributed by atoms with E-state index in [-0.39, 0.29) is 18.0 Å². The van der Waals surface area contributed by atoms with Gasteiger partial charge in [-0.25, -0.2) is 4.79 Å². The number of carbonyl (C=O) groups is 1. The fraction of sp³-hybridized carbons (Fsp3) is 0.400. The minimum Gasteiger partial charge on any atom is -0.483 e. The minimum absolute atomic E-state index is 0.0705. The molecule has 0 amide bonds. The van der Waals surface area contributed by atoms with Gasteiger partial charge in [0.1, 0.15) is 6.61 Å². The van der Waals surface area contributed by atoms with E-state index in [0.717, 1.165) is 5.56 Å². The monoisotopic (exact) mass is 293 g/mol. The van der Waals surface area contributed by atoms with E-state index < -0.39 is 10.9 Å². The van der Waals surface area contributed by atoms with Gasteiger partial charge >= 0.3 is 11.7 Å². The summed E-state index contributed by atoms with van der Waals surface area (Å²) >= 11 is 0. The summed E-state index contributed by atoms with van der Waals surface area (Å²) in [4.78, 5) is 22.0. The molecular formula is C15H19NO5. The molecule has 0 spiro atoms. The number of aryl methyl sites for hydroxylation is 1. The fourth-order valence-electron chi connectivity index (χ4n) is 1.78.